The average Bonchev–Trinajstić information content (AvgIpc) is 2.78. The van der Waals surface area contributed by atoms with Crippen molar-refractivity contribution in [2.24, 2.45) is 0 Å². The van der Waals surface area contributed by atoms with Gasteiger partial charge in [0.25, 0.3) is 5.91 Å². The van der Waals surface area contributed by atoms with Gasteiger partial charge in [0.2, 0.25) is 10.0 Å². The number of aromatic nitrogens is 2. The molecule has 0 aliphatic carbocycles. The van der Waals surface area contributed by atoms with Crippen LogP contribution >= 0.6 is 0 Å². The summed E-state index contributed by atoms with van der Waals surface area (Å²) in [6.45, 7) is 3.84. The minimum Gasteiger partial charge on any atom is -0.485 e. The number of anilines is 1. The number of nitrogens with zero attached hydrogens (tertiary/aromatic N) is 3. The molecule has 9 heteroatoms. The lowest BCUT2D eigenvalue weighted by Crippen LogP contribution is -2.33. The third-order valence-electron chi connectivity index (χ3n) is 4.65. The quantitative estimate of drug-likeness (QED) is 0.576. The van der Waals surface area contributed by atoms with E-state index in [0.717, 1.165) is 5.56 Å². The number of pyridine rings is 2. The number of amides is 1. The summed E-state index contributed by atoms with van der Waals surface area (Å²) in [5.74, 6) is 0.154. The first-order valence-electron chi connectivity index (χ1n) is 9.65. The second kappa shape index (κ2) is 9.67. The lowest BCUT2D eigenvalue weighted by Gasteiger charge is -2.21. The molecule has 2 aromatic heterocycles. The van der Waals surface area contributed by atoms with Gasteiger partial charge in [-0.2, -0.15) is 4.31 Å². The first-order valence-corrected chi connectivity index (χ1v) is 11.1. The van der Waals surface area contributed by atoms with Crippen LogP contribution in [0.4, 0.5) is 5.82 Å². The Labute approximate surface area is 182 Å². The summed E-state index contributed by atoms with van der Waals surface area (Å²) < 4.78 is 32.5. The van der Waals surface area contributed by atoms with E-state index in [-0.39, 0.29) is 28.9 Å². The van der Waals surface area contributed by atoms with Crippen molar-refractivity contribution in [3.05, 3.63) is 78.2 Å². The molecule has 0 spiro atoms. The lowest BCUT2D eigenvalue weighted by atomic mass is 10.2. The van der Waals surface area contributed by atoms with Gasteiger partial charge in [-0.05, 0) is 61.9 Å². The van der Waals surface area contributed by atoms with Crippen LogP contribution in [-0.4, -0.2) is 41.7 Å². The standard InChI is InChI=1S/C22H24N4O4S/c1-16(2)26(3)31(28,29)19-7-4-6-18(14-19)22(27)25-21-20(8-5-11-24-21)30-15-17-9-12-23-13-10-17/h4-14,16H,15H2,1-3H3,(H,24,25,27). The zero-order chi connectivity index (χ0) is 22.4. The Morgan fingerprint density at radius 2 is 1.84 bits per heavy atom. The van der Waals surface area contributed by atoms with Crippen LogP contribution in [-0.2, 0) is 16.6 Å². The number of benzene rings is 1. The fourth-order valence-electron chi connectivity index (χ4n) is 2.66. The Balaban J connectivity index is 1.78. The highest BCUT2D eigenvalue weighted by atomic mass is 32.2. The molecular formula is C22H24N4O4S. The van der Waals surface area contributed by atoms with Crippen LogP contribution in [0.25, 0.3) is 0 Å². The first-order chi connectivity index (χ1) is 14.8. The van der Waals surface area contributed by atoms with Crippen molar-refractivity contribution in [1.82, 2.24) is 14.3 Å². The first kappa shape index (κ1) is 22.4. The van der Waals surface area contributed by atoms with Crippen molar-refractivity contribution in [1.29, 1.82) is 0 Å². The molecule has 162 valence electrons. The van der Waals surface area contributed by atoms with Gasteiger partial charge in [0.15, 0.2) is 11.6 Å². The van der Waals surface area contributed by atoms with Gasteiger partial charge < -0.3 is 10.1 Å². The largest absolute Gasteiger partial charge is 0.485 e. The van der Waals surface area contributed by atoms with Gasteiger partial charge in [-0.3, -0.25) is 9.78 Å². The topological polar surface area (TPSA) is 101 Å². The van der Waals surface area contributed by atoms with Gasteiger partial charge in [-0.25, -0.2) is 13.4 Å². The number of carbonyl (C=O) groups excluding carboxylic acids is 1. The fourth-order valence-corrected chi connectivity index (χ4v) is 4.08. The van der Waals surface area contributed by atoms with Gasteiger partial charge in [0, 0.05) is 37.2 Å². The third kappa shape index (κ3) is 5.44. The number of carbonyl (C=O) groups is 1. The summed E-state index contributed by atoms with van der Waals surface area (Å²) in [6.07, 6.45) is 4.87. The van der Waals surface area contributed by atoms with Crippen LogP contribution in [0.15, 0.2) is 72.0 Å². The molecule has 8 nitrogen and oxygen atoms in total. The van der Waals surface area contributed by atoms with Crippen molar-refractivity contribution < 1.29 is 17.9 Å². The SMILES string of the molecule is CC(C)N(C)S(=O)(=O)c1cccc(C(=O)Nc2ncccc2OCc2ccncc2)c1. The van der Waals surface area contributed by atoms with E-state index in [0.29, 0.717) is 5.75 Å². The summed E-state index contributed by atoms with van der Waals surface area (Å²) in [6, 6.07) is 12.7. The van der Waals surface area contributed by atoms with E-state index in [1.807, 2.05) is 12.1 Å². The van der Waals surface area contributed by atoms with Crippen molar-refractivity contribution in [2.75, 3.05) is 12.4 Å². The summed E-state index contributed by atoms with van der Waals surface area (Å²) in [7, 11) is -2.20. The van der Waals surface area contributed by atoms with E-state index in [1.54, 1.807) is 44.4 Å². The van der Waals surface area contributed by atoms with Crippen LogP contribution in [0.2, 0.25) is 0 Å². The van der Waals surface area contributed by atoms with Crippen LogP contribution in [0.5, 0.6) is 5.75 Å². The lowest BCUT2D eigenvalue weighted by molar-refractivity contribution is 0.102. The van der Waals surface area contributed by atoms with Crippen molar-refractivity contribution in [3.63, 3.8) is 0 Å². The molecule has 1 amide bonds. The summed E-state index contributed by atoms with van der Waals surface area (Å²) in [5, 5.41) is 2.70. The molecule has 0 aliphatic heterocycles. The van der Waals surface area contributed by atoms with E-state index >= 15 is 0 Å². The van der Waals surface area contributed by atoms with Crippen molar-refractivity contribution >= 4 is 21.7 Å². The molecule has 0 aliphatic rings. The summed E-state index contributed by atoms with van der Waals surface area (Å²) in [5.41, 5.74) is 1.12. The third-order valence-corrected chi connectivity index (χ3v) is 6.68. The average molecular weight is 441 g/mol. The normalized spacial score (nSPS) is 11.5. The van der Waals surface area contributed by atoms with E-state index in [4.69, 9.17) is 4.74 Å². The molecule has 0 saturated carbocycles. The fraction of sp³-hybridized carbons (Fsp3) is 0.227. The zero-order valence-electron chi connectivity index (χ0n) is 17.5. The number of ether oxygens (including phenoxy) is 1. The van der Waals surface area contributed by atoms with Gasteiger partial charge in [0.05, 0.1) is 4.90 Å². The Bertz CT molecular complexity index is 1150. The van der Waals surface area contributed by atoms with Gasteiger partial charge in [0.1, 0.15) is 6.61 Å². The summed E-state index contributed by atoms with van der Waals surface area (Å²) in [4.78, 5) is 21.0. The number of sulfonamides is 1. The molecule has 0 saturated heterocycles. The number of rotatable bonds is 8. The molecule has 0 fully saturated rings. The van der Waals surface area contributed by atoms with Crippen LogP contribution in [0.3, 0.4) is 0 Å². The van der Waals surface area contributed by atoms with E-state index in [9.17, 15) is 13.2 Å². The maximum atomic E-state index is 12.8. The van der Waals surface area contributed by atoms with Gasteiger partial charge in [-0.1, -0.05) is 6.07 Å². The smallest absolute Gasteiger partial charge is 0.256 e. The Kier molecular flexibility index (Phi) is 6.98. The Morgan fingerprint density at radius 3 is 2.55 bits per heavy atom. The molecule has 31 heavy (non-hydrogen) atoms. The zero-order valence-corrected chi connectivity index (χ0v) is 18.3. The second-order valence-corrected chi connectivity index (χ2v) is 9.09. The highest BCUT2D eigenvalue weighted by Gasteiger charge is 2.24. The van der Waals surface area contributed by atoms with Gasteiger partial charge in [-0.15, -0.1) is 0 Å². The molecule has 2 heterocycles. The Hall–Kier alpha value is -3.30. The predicted molar refractivity (Wildman–Crippen MR) is 117 cm³/mol. The molecule has 0 radical (unpaired) electrons. The van der Waals surface area contributed by atoms with E-state index < -0.39 is 15.9 Å². The maximum Gasteiger partial charge on any atom is 0.256 e. The number of hydrogen-bond acceptors (Lipinski definition) is 6. The number of nitrogens with one attached hydrogen (secondary N) is 1. The molecule has 0 unspecified atom stereocenters. The highest BCUT2D eigenvalue weighted by Crippen LogP contribution is 2.24. The second-order valence-electron chi connectivity index (χ2n) is 7.09. The van der Waals surface area contributed by atoms with Crippen molar-refractivity contribution in [3.8, 4) is 5.75 Å². The number of hydrogen-bond donors (Lipinski definition) is 1. The van der Waals surface area contributed by atoms with Crippen LogP contribution < -0.4 is 10.1 Å². The summed E-state index contributed by atoms with van der Waals surface area (Å²) >= 11 is 0. The van der Waals surface area contributed by atoms with Crippen molar-refractivity contribution in [2.45, 2.75) is 31.4 Å². The van der Waals surface area contributed by atoms with E-state index in [1.165, 1.54) is 35.7 Å². The van der Waals surface area contributed by atoms with E-state index in [2.05, 4.69) is 15.3 Å². The molecule has 0 atom stereocenters. The monoisotopic (exact) mass is 440 g/mol. The Morgan fingerprint density at radius 1 is 1.10 bits per heavy atom. The molecule has 3 aromatic rings. The minimum atomic E-state index is -3.71. The molecule has 3 rings (SSSR count). The van der Waals surface area contributed by atoms with Gasteiger partial charge >= 0.3 is 0 Å². The van der Waals surface area contributed by atoms with Crippen LogP contribution in [0, 0.1) is 0 Å². The molecule has 1 aromatic carbocycles. The molecule has 0 bridgehead atoms. The molecular weight excluding hydrogens is 416 g/mol. The predicted octanol–water partition coefficient (Wildman–Crippen LogP) is 3.34. The molecule has 1 N–H and O–H groups in total. The van der Waals surface area contributed by atoms with Crippen LogP contribution in [0.1, 0.15) is 29.8 Å². The minimum absolute atomic E-state index is 0.0477. The maximum absolute atomic E-state index is 12.8. The highest BCUT2D eigenvalue weighted by molar-refractivity contribution is 7.89.